The molecule has 1 heterocycles. The van der Waals surface area contributed by atoms with Crippen molar-refractivity contribution in [2.45, 2.75) is 30.6 Å². The molecule has 166 valence electrons. The van der Waals surface area contributed by atoms with E-state index in [2.05, 4.69) is 5.16 Å². The van der Waals surface area contributed by atoms with Crippen LogP contribution in [0.1, 0.15) is 25.3 Å². The first-order chi connectivity index (χ1) is 14.6. The van der Waals surface area contributed by atoms with Crippen molar-refractivity contribution >= 4 is 21.5 Å². The van der Waals surface area contributed by atoms with Gasteiger partial charge in [0.05, 0.1) is 12.8 Å². The number of nitrogens with zero attached hydrogens (tertiary/aromatic N) is 1. The molecule has 0 saturated carbocycles. The van der Waals surface area contributed by atoms with Crippen LogP contribution in [0.4, 0.5) is 4.39 Å². The van der Waals surface area contributed by atoms with E-state index in [1.54, 1.807) is 36.4 Å². The Labute approximate surface area is 179 Å². The average molecular weight is 450 g/mol. The number of sulfone groups is 1. The van der Waals surface area contributed by atoms with Gasteiger partial charge in [0.25, 0.3) is 5.91 Å². The summed E-state index contributed by atoms with van der Waals surface area (Å²) in [6.45, 7) is 1.23. The maximum atomic E-state index is 14.3. The number of methoxy groups -OCH3 is 1. The van der Waals surface area contributed by atoms with Crippen molar-refractivity contribution in [2.24, 2.45) is 5.16 Å². The van der Waals surface area contributed by atoms with Gasteiger partial charge in [0.2, 0.25) is 0 Å². The Kier molecular flexibility index (Phi) is 6.33. The van der Waals surface area contributed by atoms with Crippen LogP contribution < -0.4 is 10.2 Å². The molecule has 2 atom stereocenters. The van der Waals surface area contributed by atoms with Crippen LogP contribution in [0.15, 0.2) is 47.6 Å². The minimum atomic E-state index is -3.84. The molecule has 0 spiro atoms. The van der Waals surface area contributed by atoms with Crippen molar-refractivity contribution in [3.05, 3.63) is 53.8 Å². The number of nitrogens with one attached hydrogen (secondary N) is 1. The summed E-state index contributed by atoms with van der Waals surface area (Å²) in [6, 6.07) is 11.6. The van der Waals surface area contributed by atoms with E-state index in [-0.39, 0.29) is 12.8 Å². The van der Waals surface area contributed by atoms with Crippen molar-refractivity contribution in [3.63, 3.8) is 0 Å². The van der Waals surface area contributed by atoms with E-state index < -0.39 is 32.4 Å². The highest BCUT2D eigenvalue weighted by Crippen LogP contribution is 2.31. The monoisotopic (exact) mass is 450 g/mol. The van der Waals surface area contributed by atoms with Crippen molar-refractivity contribution < 1.29 is 32.4 Å². The number of oxime groups is 1. The molecule has 31 heavy (non-hydrogen) atoms. The van der Waals surface area contributed by atoms with Crippen molar-refractivity contribution in [1.82, 2.24) is 5.48 Å². The summed E-state index contributed by atoms with van der Waals surface area (Å²) in [6.07, 6.45) is 0.363. The smallest absolute Gasteiger partial charge is 0.264 e. The standard InChI is InChI=1S/C21H23FN2O6S/c1-21(20(25)23-26,31(3,27)28)12-16-11-19(24-30-16)14-6-4-13(5-7-14)17-9-8-15(29-2)10-18(17)22/h4-10,16,26H,11-12H2,1-3H3,(H,23,25)/t16-,21?/m1/s1. The summed E-state index contributed by atoms with van der Waals surface area (Å²) >= 11 is 0. The zero-order valence-corrected chi connectivity index (χ0v) is 18.1. The van der Waals surface area contributed by atoms with E-state index in [9.17, 15) is 17.6 Å². The van der Waals surface area contributed by atoms with E-state index in [1.807, 2.05) is 0 Å². The quantitative estimate of drug-likeness (QED) is 0.495. The summed E-state index contributed by atoms with van der Waals surface area (Å²) in [7, 11) is -2.37. The van der Waals surface area contributed by atoms with Gasteiger partial charge in [-0.25, -0.2) is 18.3 Å². The molecule has 2 aromatic carbocycles. The van der Waals surface area contributed by atoms with Crippen LogP contribution in [-0.4, -0.2) is 49.5 Å². The molecule has 1 unspecified atom stereocenters. The predicted molar refractivity (Wildman–Crippen MR) is 112 cm³/mol. The fourth-order valence-corrected chi connectivity index (χ4v) is 4.24. The van der Waals surface area contributed by atoms with E-state index in [0.29, 0.717) is 22.6 Å². The molecule has 0 radical (unpaired) electrons. The highest BCUT2D eigenvalue weighted by Gasteiger charge is 2.47. The van der Waals surface area contributed by atoms with Crippen LogP contribution in [0.2, 0.25) is 0 Å². The SMILES string of the molecule is COc1ccc(-c2ccc(C3=NO[C@@H](CC(C)(C(=O)NO)S(C)(=O)=O)C3)cc2)c(F)c1. The number of hydrogen-bond acceptors (Lipinski definition) is 7. The zero-order valence-electron chi connectivity index (χ0n) is 17.3. The molecule has 3 rings (SSSR count). The van der Waals surface area contributed by atoms with Crippen LogP contribution in [0.3, 0.4) is 0 Å². The minimum Gasteiger partial charge on any atom is -0.497 e. The topological polar surface area (TPSA) is 114 Å². The lowest BCUT2D eigenvalue weighted by atomic mass is 9.95. The molecule has 0 fully saturated rings. The van der Waals surface area contributed by atoms with E-state index in [1.165, 1.54) is 25.6 Å². The molecule has 0 saturated heterocycles. The third-order valence-electron chi connectivity index (χ3n) is 5.46. The van der Waals surface area contributed by atoms with Gasteiger partial charge < -0.3 is 9.57 Å². The average Bonchev–Trinajstić information content (AvgIpc) is 3.20. The van der Waals surface area contributed by atoms with Gasteiger partial charge >= 0.3 is 0 Å². The van der Waals surface area contributed by atoms with Gasteiger partial charge in [0.15, 0.2) is 14.6 Å². The first-order valence-corrected chi connectivity index (χ1v) is 11.3. The first kappa shape index (κ1) is 22.7. The summed E-state index contributed by atoms with van der Waals surface area (Å²) in [4.78, 5) is 17.3. The number of rotatable bonds is 7. The Morgan fingerprint density at radius 3 is 2.48 bits per heavy atom. The molecule has 2 N–H and O–H groups in total. The van der Waals surface area contributed by atoms with Crippen LogP contribution in [-0.2, 0) is 19.5 Å². The minimum absolute atomic E-state index is 0.180. The maximum Gasteiger partial charge on any atom is 0.264 e. The Hall–Kier alpha value is -2.98. The molecule has 0 aromatic heterocycles. The molecule has 0 aliphatic carbocycles. The van der Waals surface area contributed by atoms with Gasteiger partial charge in [0, 0.05) is 30.7 Å². The van der Waals surface area contributed by atoms with Crippen LogP contribution >= 0.6 is 0 Å². The maximum absolute atomic E-state index is 14.3. The molecule has 8 nitrogen and oxygen atoms in total. The number of carbonyl (C=O) groups is 1. The number of benzene rings is 2. The van der Waals surface area contributed by atoms with Gasteiger partial charge in [-0.2, -0.15) is 0 Å². The molecule has 1 aliphatic rings. The Bertz CT molecular complexity index is 1120. The number of hydrogen-bond donors (Lipinski definition) is 2. The first-order valence-electron chi connectivity index (χ1n) is 9.40. The summed E-state index contributed by atoms with van der Waals surface area (Å²) in [5, 5.41) is 13.0. The number of amides is 1. The molecule has 0 bridgehead atoms. The summed E-state index contributed by atoms with van der Waals surface area (Å²) in [5.41, 5.74) is 3.81. The van der Waals surface area contributed by atoms with Gasteiger partial charge in [0.1, 0.15) is 17.7 Å². The van der Waals surface area contributed by atoms with Gasteiger partial charge in [-0.1, -0.05) is 29.4 Å². The van der Waals surface area contributed by atoms with Crippen molar-refractivity contribution in [2.75, 3.05) is 13.4 Å². The second kappa shape index (κ2) is 8.64. The van der Waals surface area contributed by atoms with Gasteiger partial charge in [-0.15, -0.1) is 0 Å². The van der Waals surface area contributed by atoms with Gasteiger partial charge in [-0.05, 0) is 30.2 Å². The number of hydroxylamine groups is 1. The Balaban J connectivity index is 1.74. The normalized spacial score (nSPS) is 18.0. The van der Waals surface area contributed by atoms with E-state index in [4.69, 9.17) is 14.8 Å². The Morgan fingerprint density at radius 2 is 1.94 bits per heavy atom. The lowest BCUT2D eigenvalue weighted by Crippen LogP contribution is -2.51. The third-order valence-corrected chi connectivity index (χ3v) is 7.44. The molecule has 2 aromatic rings. The Morgan fingerprint density at radius 1 is 1.29 bits per heavy atom. The lowest BCUT2D eigenvalue weighted by Gasteiger charge is -2.26. The molecule has 1 aliphatic heterocycles. The largest absolute Gasteiger partial charge is 0.497 e. The molecule has 10 heteroatoms. The van der Waals surface area contributed by atoms with Gasteiger partial charge in [-0.3, -0.25) is 10.0 Å². The van der Waals surface area contributed by atoms with E-state index >= 15 is 0 Å². The predicted octanol–water partition coefficient (Wildman–Crippen LogP) is 2.69. The highest BCUT2D eigenvalue weighted by molar-refractivity contribution is 7.92. The summed E-state index contributed by atoms with van der Waals surface area (Å²) in [5.74, 6) is -1.01. The lowest BCUT2D eigenvalue weighted by molar-refractivity contribution is -0.132. The molecular formula is C21H23FN2O6S. The summed E-state index contributed by atoms with van der Waals surface area (Å²) < 4.78 is 41.7. The van der Waals surface area contributed by atoms with E-state index in [0.717, 1.165) is 11.8 Å². The molecular weight excluding hydrogens is 427 g/mol. The van der Waals surface area contributed by atoms with Crippen LogP contribution in [0, 0.1) is 5.82 Å². The number of carbonyl (C=O) groups excluding carboxylic acids is 1. The number of ether oxygens (including phenoxy) is 1. The second-order valence-electron chi connectivity index (χ2n) is 7.54. The third kappa shape index (κ3) is 4.54. The van der Waals surface area contributed by atoms with Crippen molar-refractivity contribution in [1.29, 1.82) is 0 Å². The zero-order chi connectivity index (χ0) is 22.8. The van der Waals surface area contributed by atoms with Crippen LogP contribution in [0.5, 0.6) is 5.75 Å². The van der Waals surface area contributed by atoms with Crippen LogP contribution in [0.25, 0.3) is 11.1 Å². The fourth-order valence-electron chi connectivity index (χ4n) is 3.37. The second-order valence-corrected chi connectivity index (χ2v) is 9.99. The number of halogens is 1. The highest BCUT2D eigenvalue weighted by atomic mass is 32.2. The molecule has 1 amide bonds. The fraction of sp³-hybridized carbons (Fsp3) is 0.333. The van der Waals surface area contributed by atoms with Crippen molar-refractivity contribution in [3.8, 4) is 16.9 Å².